The molecule has 24 heavy (non-hydrogen) atoms. The number of aliphatic hydroxyl groups is 1. The standard InChI is InChI=1S/C14H16F3N5O2/c1-2-21(9-11(23)14(15,16)17)13(24)20-12-5-4-10(8-18-12)22-7-3-6-19-22/h3-8,11,23H,2,9H2,1H3,(H,18,20,24). The Hall–Kier alpha value is -2.62. The highest BCUT2D eigenvalue weighted by atomic mass is 19.4. The first-order valence-electron chi connectivity index (χ1n) is 7.08. The van der Waals surface area contributed by atoms with Crippen LogP contribution in [-0.4, -0.2) is 56.2 Å². The number of halogens is 3. The molecule has 1 atom stereocenters. The number of anilines is 1. The van der Waals surface area contributed by atoms with Crippen LogP contribution in [-0.2, 0) is 0 Å². The highest BCUT2D eigenvalue weighted by Gasteiger charge is 2.39. The molecule has 0 spiro atoms. The van der Waals surface area contributed by atoms with Crippen molar-refractivity contribution >= 4 is 11.8 Å². The second-order valence-corrected chi connectivity index (χ2v) is 4.88. The van der Waals surface area contributed by atoms with E-state index in [0.29, 0.717) is 5.69 Å². The van der Waals surface area contributed by atoms with E-state index in [4.69, 9.17) is 5.11 Å². The van der Waals surface area contributed by atoms with Gasteiger partial charge in [-0.05, 0) is 25.1 Å². The SMILES string of the molecule is CCN(CC(O)C(F)(F)F)C(=O)Nc1ccc(-n2cccn2)cn1. The average molecular weight is 343 g/mol. The van der Waals surface area contributed by atoms with Gasteiger partial charge in [-0.1, -0.05) is 0 Å². The number of aliphatic hydroxyl groups excluding tert-OH is 1. The lowest BCUT2D eigenvalue weighted by molar-refractivity contribution is -0.206. The number of hydrogen-bond acceptors (Lipinski definition) is 4. The minimum absolute atomic E-state index is 0.00431. The molecule has 0 fully saturated rings. The molecule has 2 rings (SSSR count). The van der Waals surface area contributed by atoms with Crippen LogP contribution in [0.1, 0.15) is 6.92 Å². The topological polar surface area (TPSA) is 83.3 Å². The summed E-state index contributed by atoms with van der Waals surface area (Å²) < 4.78 is 38.7. The van der Waals surface area contributed by atoms with Crippen molar-refractivity contribution in [2.75, 3.05) is 18.4 Å². The van der Waals surface area contributed by atoms with Crippen molar-refractivity contribution in [1.29, 1.82) is 0 Å². The predicted octanol–water partition coefficient (Wildman–Crippen LogP) is 2.04. The van der Waals surface area contributed by atoms with Crippen molar-refractivity contribution in [2.45, 2.75) is 19.2 Å². The molecule has 2 N–H and O–H groups in total. The van der Waals surface area contributed by atoms with Crippen molar-refractivity contribution in [3.8, 4) is 5.69 Å². The van der Waals surface area contributed by atoms with Crippen LogP contribution in [0.15, 0.2) is 36.8 Å². The smallest absolute Gasteiger partial charge is 0.382 e. The molecule has 130 valence electrons. The lowest BCUT2D eigenvalue weighted by Gasteiger charge is -2.25. The maximum Gasteiger partial charge on any atom is 0.416 e. The Kier molecular flexibility index (Phi) is 5.39. The number of amides is 2. The van der Waals surface area contributed by atoms with E-state index >= 15 is 0 Å². The van der Waals surface area contributed by atoms with Gasteiger partial charge in [-0.3, -0.25) is 5.32 Å². The number of pyridine rings is 1. The molecule has 2 aromatic heterocycles. The van der Waals surface area contributed by atoms with Crippen LogP contribution in [0.2, 0.25) is 0 Å². The third-order valence-corrected chi connectivity index (χ3v) is 3.19. The zero-order valence-electron chi connectivity index (χ0n) is 12.7. The number of carbonyl (C=O) groups is 1. The lowest BCUT2D eigenvalue weighted by Crippen LogP contribution is -2.45. The molecule has 0 aromatic carbocycles. The van der Waals surface area contributed by atoms with E-state index in [1.54, 1.807) is 29.2 Å². The van der Waals surface area contributed by atoms with Crippen molar-refractivity contribution in [2.24, 2.45) is 0 Å². The first-order valence-corrected chi connectivity index (χ1v) is 7.08. The summed E-state index contributed by atoms with van der Waals surface area (Å²) >= 11 is 0. The number of nitrogens with zero attached hydrogens (tertiary/aromatic N) is 4. The molecule has 7 nitrogen and oxygen atoms in total. The summed E-state index contributed by atoms with van der Waals surface area (Å²) in [5.41, 5.74) is 0.665. The van der Waals surface area contributed by atoms with E-state index < -0.39 is 24.9 Å². The van der Waals surface area contributed by atoms with E-state index in [9.17, 15) is 18.0 Å². The molecule has 0 saturated heterocycles. The summed E-state index contributed by atoms with van der Waals surface area (Å²) in [6.45, 7) is 0.665. The number of likely N-dealkylation sites (N-methyl/N-ethyl adjacent to an activating group) is 1. The van der Waals surface area contributed by atoms with Gasteiger partial charge < -0.3 is 10.0 Å². The molecular formula is C14H16F3N5O2. The Morgan fingerprint density at radius 2 is 2.21 bits per heavy atom. The highest BCUT2D eigenvalue weighted by Crippen LogP contribution is 2.21. The average Bonchev–Trinajstić information content (AvgIpc) is 3.06. The highest BCUT2D eigenvalue weighted by molar-refractivity contribution is 5.88. The van der Waals surface area contributed by atoms with Gasteiger partial charge in [0.15, 0.2) is 6.10 Å². The second-order valence-electron chi connectivity index (χ2n) is 4.88. The van der Waals surface area contributed by atoms with Crippen molar-refractivity contribution in [3.05, 3.63) is 36.8 Å². The second kappa shape index (κ2) is 7.30. The molecule has 0 aliphatic carbocycles. The number of nitrogens with one attached hydrogen (secondary N) is 1. The third kappa shape index (κ3) is 4.44. The molecule has 10 heteroatoms. The predicted molar refractivity (Wildman–Crippen MR) is 79.7 cm³/mol. The number of alkyl halides is 3. The monoisotopic (exact) mass is 343 g/mol. The van der Waals surface area contributed by atoms with E-state index in [0.717, 1.165) is 4.90 Å². The minimum Gasteiger partial charge on any atom is -0.382 e. The van der Waals surface area contributed by atoms with Crippen molar-refractivity contribution in [3.63, 3.8) is 0 Å². The molecule has 2 heterocycles. The maximum absolute atomic E-state index is 12.4. The Bertz CT molecular complexity index is 658. The first-order chi connectivity index (χ1) is 11.3. The van der Waals surface area contributed by atoms with Crippen molar-refractivity contribution in [1.82, 2.24) is 19.7 Å². The molecule has 2 amide bonds. The molecule has 2 aromatic rings. The summed E-state index contributed by atoms with van der Waals surface area (Å²) in [6, 6.07) is 4.11. The number of hydrogen-bond donors (Lipinski definition) is 2. The van der Waals surface area contributed by atoms with Crippen LogP contribution in [0, 0.1) is 0 Å². The Labute approximate surface area is 135 Å². The largest absolute Gasteiger partial charge is 0.416 e. The van der Waals surface area contributed by atoms with Crippen molar-refractivity contribution < 1.29 is 23.1 Å². The maximum atomic E-state index is 12.4. The van der Waals surface area contributed by atoms with Gasteiger partial charge in [-0.25, -0.2) is 14.5 Å². The fraction of sp³-hybridized carbons (Fsp3) is 0.357. The normalized spacial score (nSPS) is 12.7. The number of urea groups is 1. The van der Waals surface area contributed by atoms with Crippen LogP contribution in [0.4, 0.5) is 23.8 Å². The van der Waals surface area contributed by atoms with E-state index in [-0.39, 0.29) is 12.4 Å². The Morgan fingerprint density at radius 3 is 2.71 bits per heavy atom. The minimum atomic E-state index is -4.78. The molecule has 0 saturated carbocycles. The van der Waals surface area contributed by atoms with E-state index in [1.165, 1.54) is 19.2 Å². The number of rotatable bonds is 5. The Morgan fingerprint density at radius 1 is 1.46 bits per heavy atom. The lowest BCUT2D eigenvalue weighted by atomic mass is 10.3. The summed E-state index contributed by atoms with van der Waals surface area (Å²) in [4.78, 5) is 16.9. The Balaban J connectivity index is 1.99. The quantitative estimate of drug-likeness (QED) is 0.870. The summed E-state index contributed by atoms with van der Waals surface area (Å²) in [5.74, 6) is 0.177. The fourth-order valence-corrected chi connectivity index (χ4v) is 1.87. The zero-order chi connectivity index (χ0) is 17.7. The molecular weight excluding hydrogens is 327 g/mol. The van der Waals surface area contributed by atoms with Gasteiger partial charge >= 0.3 is 12.2 Å². The van der Waals surface area contributed by atoms with Crippen LogP contribution in [0.3, 0.4) is 0 Å². The van der Waals surface area contributed by atoms with Crippen LogP contribution in [0.5, 0.6) is 0 Å². The summed E-state index contributed by atoms with van der Waals surface area (Å²) in [6.07, 6.45) is -2.60. The fourth-order valence-electron chi connectivity index (χ4n) is 1.87. The molecule has 1 unspecified atom stereocenters. The molecule has 0 aliphatic rings. The molecule has 0 aliphatic heterocycles. The van der Waals surface area contributed by atoms with Gasteiger partial charge in [-0.15, -0.1) is 0 Å². The summed E-state index contributed by atoms with van der Waals surface area (Å²) in [5, 5.41) is 15.5. The van der Waals surface area contributed by atoms with Gasteiger partial charge in [-0.2, -0.15) is 18.3 Å². The van der Waals surface area contributed by atoms with Crippen LogP contribution >= 0.6 is 0 Å². The first kappa shape index (κ1) is 17.7. The number of aromatic nitrogens is 3. The summed E-state index contributed by atoms with van der Waals surface area (Å²) in [7, 11) is 0. The van der Waals surface area contributed by atoms with Gasteiger partial charge in [0.1, 0.15) is 5.82 Å². The van der Waals surface area contributed by atoms with E-state index in [1.807, 2.05) is 0 Å². The van der Waals surface area contributed by atoms with Crippen LogP contribution < -0.4 is 5.32 Å². The van der Waals surface area contributed by atoms with E-state index in [2.05, 4.69) is 15.4 Å². The third-order valence-electron chi connectivity index (χ3n) is 3.19. The van der Waals surface area contributed by atoms with Gasteiger partial charge in [0, 0.05) is 18.9 Å². The molecule has 0 bridgehead atoms. The van der Waals surface area contributed by atoms with Gasteiger partial charge in [0.05, 0.1) is 18.4 Å². The van der Waals surface area contributed by atoms with Gasteiger partial charge in [0.2, 0.25) is 0 Å². The number of carbonyl (C=O) groups excluding carboxylic acids is 1. The molecule has 0 radical (unpaired) electrons. The zero-order valence-corrected chi connectivity index (χ0v) is 12.7. The van der Waals surface area contributed by atoms with Crippen LogP contribution in [0.25, 0.3) is 5.69 Å². The van der Waals surface area contributed by atoms with Gasteiger partial charge in [0.25, 0.3) is 0 Å².